The summed E-state index contributed by atoms with van der Waals surface area (Å²) in [5.74, 6) is -0.489. The molecule has 0 atom stereocenters. The number of amides is 1. The van der Waals surface area contributed by atoms with Gasteiger partial charge in [-0.25, -0.2) is 8.42 Å². The highest BCUT2D eigenvalue weighted by atomic mass is 32.2. The summed E-state index contributed by atoms with van der Waals surface area (Å²) in [6.45, 7) is 1.65. The minimum Gasteiger partial charge on any atom is -0.299 e. The van der Waals surface area contributed by atoms with Crippen LogP contribution in [-0.4, -0.2) is 43.6 Å². The summed E-state index contributed by atoms with van der Waals surface area (Å²) in [7, 11) is -3.64. The predicted molar refractivity (Wildman–Crippen MR) is 119 cm³/mol. The van der Waals surface area contributed by atoms with Crippen molar-refractivity contribution in [3.8, 4) is 10.6 Å². The fourth-order valence-electron chi connectivity index (χ4n) is 2.54. The molecule has 1 N–H and O–H groups in total. The van der Waals surface area contributed by atoms with E-state index in [2.05, 4.69) is 15.5 Å². The van der Waals surface area contributed by atoms with Crippen LogP contribution in [-0.2, 0) is 14.8 Å². The Balaban J connectivity index is 1.75. The van der Waals surface area contributed by atoms with Crippen LogP contribution in [0.1, 0.15) is 5.56 Å². The molecule has 0 unspecified atom stereocenters. The normalized spacial score (nSPS) is 11.3. The topological polar surface area (TPSA) is 92.3 Å². The third-order valence-electron chi connectivity index (χ3n) is 4.00. The van der Waals surface area contributed by atoms with Crippen molar-refractivity contribution in [2.45, 2.75) is 11.8 Å². The van der Waals surface area contributed by atoms with Crippen LogP contribution < -0.4 is 9.62 Å². The van der Waals surface area contributed by atoms with Crippen molar-refractivity contribution in [3.63, 3.8) is 0 Å². The Bertz CT molecular complexity index is 1110. The highest BCUT2D eigenvalue weighted by molar-refractivity contribution is 7.98. The average Bonchev–Trinajstić information content (AvgIpc) is 3.14. The van der Waals surface area contributed by atoms with Gasteiger partial charge in [-0.3, -0.25) is 14.4 Å². The number of aromatic nitrogens is 2. The summed E-state index contributed by atoms with van der Waals surface area (Å²) in [4.78, 5) is 13.4. The van der Waals surface area contributed by atoms with E-state index in [4.69, 9.17) is 0 Å². The lowest BCUT2D eigenvalue weighted by Gasteiger charge is -2.22. The molecular formula is C19H20N4O3S3. The Hall–Kier alpha value is -2.43. The van der Waals surface area contributed by atoms with Gasteiger partial charge in [-0.15, -0.1) is 22.0 Å². The molecule has 0 saturated carbocycles. The summed E-state index contributed by atoms with van der Waals surface area (Å²) in [6, 6.07) is 14.9. The zero-order chi connectivity index (χ0) is 21.0. The number of hydrogen-bond donors (Lipinski definition) is 1. The minimum atomic E-state index is -3.64. The summed E-state index contributed by atoms with van der Waals surface area (Å²) >= 11 is 2.73. The quantitative estimate of drug-likeness (QED) is 0.555. The van der Waals surface area contributed by atoms with Crippen LogP contribution in [0.15, 0.2) is 53.4 Å². The molecule has 1 aromatic heterocycles. The molecule has 0 aliphatic rings. The first kappa shape index (κ1) is 21.3. The van der Waals surface area contributed by atoms with Crippen LogP contribution >= 0.6 is 23.1 Å². The van der Waals surface area contributed by atoms with E-state index in [9.17, 15) is 13.2 Å². The molecule has 3 rings (SSSR count). The lowest BCUT2D eigenvalue weighted by molar-refractivity contribution is -0.114. The number of anilines is 2. The van der Waals surface area contributed by atoms with Gasteiger partial charge in [0.25, 0.3) is 0 Å². The van der Waals surface area contributed by atoms with E-state index in [0.29, 0.717) is 15.8 Å². The highest BCUT2D eigenvalue weighted by Crippen LogP contribution is 2.27. The summed E-state index contributed by atoms with van der Waals surface area (Å²) in [6.07, 6.45) is 2.98. The molecule has 0 aliphatic carbocycles. The third-order valence-corrected chi connectivity index (χ3v) is 6.75. The second kappa shape index (κ2) is 8.93. The van der Waals surface area contributed by atoms with Crippen LogP contribution in [0.3, 0.4) is 0 Å². The number of aryl methyl sites for hydroxylation is 1. The van der Waals surface area contributed by atoms with Crippen molar-refractivity contribution < 1.29 is 13.2 Å². The van der Waals surface area contributed by atoms with Crippen molar-refractivity contribution >= 4 is 49.8 Å². The Morgan fingerprint density at radius 2 is 1.90 bits per heavy atom. The van der Waals surface area contributed by atoms with E-state index >= 15 is 0 Å². The van der Waals surface area contributed by atoms with Crippen molar-refractivity contribution in [2.24, 2.45) is 0 Å². The number of hydrogen-bond acceptors (Lipinski definition) is 7. The molecule has 0 radical (unpaired) electrons. The molecule has 7 nitrogen and oxygen atoms in total. The van der Waals surface area contributed by atoms with Gasteiger partial charge in [0.05, 0.1) is 11.9 Å². The van der Waals surface area contributed by atoms with E-state index < -0.39 is 15.9 Å². The standard InChI is InChI=1S/C19H20N4O3S3/c1-13-7-9-14(10-8-13)18-21-22-19(28-18)20-17(24)12-23(29(3,25)26)15-5-4-6-16(11-15)27-2/h4-11H,12H2,1-3H3,(H,20,22,24). The molecule has 10 heteroatoms. The lowest BCUT2D eigenvalue weighted by Crippen LogP contribution is -2.37. The van der Waals surface area contributed by atoms with Gasteiger partial charge < -0.3 is 0 Å². The summed E-state index contributed by atoms with van der Waals surface area (Å²) in [5, 5.41) is 11.7. The molecule has 29 heavy (non-hydrogen) atoms. The van der Waals surface area contributed by atoms with Gasteiger partial charge >= 0.3 is 0 Å². The minimum absolute atomic E-state index is 0.317. The largest absolute Gasteiger partial charge is 0.299 e. The van der Waals surface area contributed by atoms with Crippen LogP contribution in [0.2, 0.25) is 0 Å². The van der Waals surface area contributed by atoms with E-state index in [1.165, 1.54) is 23.1 Å². The second-order valence-electron chi connectivity index (χ2n) is 6.30. The lowest BCUT2D eigenvalue weighted by atomic mass is 10.2. The number of nitrogens with zero attached hydrogens (tertiary/aromatic N) is 3. The average molecular weight is 449 g/mol. The highest BCUT2D eigenvalue weighted by Gasteiger charge is 2.22. The van der Waals surface area contributed by atoms with Gasteiger partial charge in [0.1, 0.15) is 11.6 Å². The SMILES string of the molecule is CSc1cccc(N(CC(=O)Nc2nnc(-c3ccc(C)cc3)s2)S(C)(=O)=O)c1. The van der Waals surface area contributed by atoms with Crippen LogP contribution in [0.25, 0.3) is 10.6 Å². The van der Waals surface area contributed by atoms with Crippen LogP contribution in [0.4, 0.5) is 10.8 Å². The molecule has 152 valence electrons. The fourth-order valence-corrected chi connectivity index (χ4v) is 4.61. The van der Waals surface area contributed by atoms with Crippen molar-refractivity contribution in [3.05, 3.63) is 54.1 Å². The zero-order valence-corrected chi connectivity index (χ0v) is 18.6. The maximum Gasteiger partial charge on any atom is 0.246 e. The predicted octanol–water partition coefficient (Wildman–Crippen LogP) is 3.64. The smallest absolute Gasteiger partial charge is 0.246 e. The number of rotatable bonds is 7. The van der Waals surface area contributed by atoms with E-state index in [-0.39, 0.29) is 6.54 Å². The molecule has 0 spiro atoms. The molecule has 0 bridgehead atoms. The Kier molecular flexibility index (Phi) is 6.56. The Morgan fingerprint density at radius 1 is 1.17 bits per heavy atom. The van der Waals surface area contributed by atoms with Gasteiger partial charge in [0.15, 0.2) is 0 Å². The maximum atomic E-state index is 12.5. The third kappa shape index (κ3) is 5.55. The monoisotopic (exact) mass is 448 g/mol. The maximum absolute atomic E-state index is 12.5. The van der Waals surface area contributed by atoms with Gasteiger partial charge in [-0.05, 0) is 31.4 Å². The molecule has 3 aromatic rings. The molecule has 0 saturated heterocycles. The second-order valence-corrected chi connectivity index (χ2v) is 10.1. The molecule has 0 fully saturated rings. The fraction of sp³-hybridized carbons (Fsp3) is 0.211. The number of carbonyl (C=O) groups is 1. The van der Waals surface area contributed by atoms with E-state index in [1.807, 2.05) is 43.5 Å². The zero-order valence-electron chi connectivity index (χ0n) is 16.1. The number of sulfonamides is 1. The van der Waals surface area contributed by atoms with Gasteiger partial charge in [-0.2, -0.15) is 0 Å². The van der Waals surface area contributed by atoms with Gasteiger partial charge in [0.2, 0.25) is 21.1 Å². The molecule has 1 amide bonds. The van der Waals surface area contributed by atoms with Gasteiger partial charge in [-0.1, -0.05) is 47.2 Å². The Labute approximate surface area is 178 Å². The number of benzene rings is 2. The Morgan fingerprint density at radius 3 is 2.55 bits per heavy atom. The first-order chi connectivity index (χ1) is 13.8. The van der Waals surface area contributed by atoms with E-state index in [1.54, 1.807) is 18.2 Å². The summed E-state index contributed by atoms with van der Waals surface area (Å²) < 4.78 is 25.6. The van der Waals surface area contributed by atoms with Crippen molar-refractivity contribution in [1.82, 2.24) is 10.2 Å². The molecular weight excluding hydrogens is 428 g/mol. The van der Waals surface area contributed by atoms with Crippen molar-refractivity contribution in [1.29, 1.82) is 0 Å². The van der Waals surface area contributed by atoms with E-state index in [0.717, 1.165) is 26.6 Å². The van der Waals surface area contributed by atoms with Gasteiger partial charge in [0, 0.05) is 10.5 Å². The number of thioether (sulfide) groups is 1. The first-order valence-corrected chi connectivity index (χ1v) is 12.5. The molecule has 1 heterocycles. The summed E-state index contributed by atoms with van der Waals surface area (Å²) in [5.41, 5.74) is 2.48. The van der Waals surface area contributed by atoms with Crippen LogP contribution in [0, 0.1) is 6.92 Å². The van der Waals surface area contributed by atoms with Crippen molar-refractivity contribution in [2.75, 3.05) is 28.7 Å². The number of nitrogens with one attached hydrogen (secondary N) is 1. The first-order valence-electron chi connectivity index (χ1n) is 8.58. The molecule has 2 aromatic carbocycles. The number of carbonyl (C=O) groups excluding carboxylic acids is 1. The molecule has 0 aliphatic heterocycles. The van der Waals surface area contributed by atoms with Crippen LogP contribution in [0.5, 0.6) is 0 Å².